The standard InChI is InChI=1S/C13H23N7/c14-5-4-7-16-6-2-1-3-8-20-10-19-11-12(15)17-9-18-13(11)20/h9-10,16H,1-8,14H2,(H2,15,17,18). The smallest absolute Gasteiger partial charge is 0.165 e. The SMILES string of the molecule is NCCCNCCCCCn1cnc2c(N)ncnc21. The molecular formula is C13H23N7. The lowest BCUT2D eigenvalue weighted by atomic mass is 10.2. The number of fused-ring (bicyclic) bond motifs is 1. The summed E-state index contributed by atoms with van der Waals surface area (Å²) in [6, 6.07) is 0. The predicted octanol–water partition coefficient (Wildman–Crippen LogP) is 0.517. The van der Waals surface area contributed by atoms with Crippen molar-refractivity contribution in [2.45, 2.75) is 32.2 Å². The van der Waals surface area contributed by atoms with Gasteiger partial charge in [-0.2, -0.15) is 0 Å². The number of nitrogen functional groups attached to an aromatic ring is 1. The van der Waals surface area contributed by atoms with Crippen molar-refractivity contribution in [2.24, 2.45) is 5.73 Å². The second kappa shape index (κ2) is 7.76. The molecule has 20 heavy (non-hydrogen) atoms. The fourth-order valence-corrected chi connectivity index (χ4v) is 2.12. The first-order chi connectivity index (χ1) is 9.83. The quantitative estimate of drug-likeness (QED) is 0.577. The van der Waals surface area contributed by atoms with Crippen molar-refractivity contribution in [2.75, 3.05) is 25.4 Å². The van der Waals surface area contributed by atoms with E-state index in [4.69, 9.17) is 11.5 Å². The summed E-state index contributed by atoms with van der Waals surface area (Å²) in [6.45, 7) is 3.74. The van der Waals surface area contributed by atoms with Gasteiger partial charge in [-0.25, -0.2) is 15.0 Å². The molecule has 0 aromatic carbocycles. The number of nitrogens with one attached hydrogen (secondary N) is 1. The van der Waals surface area contributed by atoms with Gasteiger partial charge in [-0.15, -0.1) is 0 Å². The number of nitrogens with zero attached hydrogens (tertiary/aromatic N) is 4. The maximum Gasteiger partial charge on any atom is 0.165 e. The van der Waals surface area contributed by atoms with Crippen LogP contribution < -0.4 is 16.8 Å². The number of imidazole rings is 1. The molecule has 0 radical (unpaired) electrons. The summed E-state index contributed by atoms with van der Waals surface area (Å²) in [5.74, 6) is 0.442. The molecular weight excluding hydrogens is 254 g/mol. The van der Waals surface area contributed by atoms with Crippen molar-refractivity contribution in [3.8, 4) is 0 Å². The normalized spacial score (nSPS) is 11.2. The maximum absolute atomic E-state index is 5.76. The highest BCUT2D eigenvalue weighted by Gasteiger charge is 2.06. The van der Waals surface area contributed by atoms with Gasteiger partial charge in [0, 0.05) is 6.54 Å². The van der Waals surface area contributed by atoms with Crippen molar-refractivity contribution in [1.29, 1.82) is 0 Å². The van der Waals surface area contributed by atoms with Crippen molar-refractivity contribution in [3.63, 3.8) is 0 Å². The molecule has 0 atom stereocenters. The van der Waals surface area contributed by atoms with Crippen molar-refractivity contribution < 1.29 is 0 Å². The van der Waals surface area contributed by atoms with Crippen LogP contribution in [-0.4, -0.2) is 39.2 Å². The molecule has 0 saturated carbocycles. The van der Waals surface area contributed by atoms with Gasteiger partial charge in [0.05, 0.1) is 6.33 Å². The minimum Gasteiger partial charge on any atom is -0.382 e. The first-order valence-electron chi connectivity index (χ1n) is 7.15. The molecule has 0 aliphatic heterocycles. The van der Waals surface area contributed by atoms with Crippen LogP contribution in [0.1, 0.15) is 25.7 Å². The Morgan fingerprint density at radius 2 is 1.90 bits per heavy atom. The summed E-state index contributed by atoms with van der Waals surface area (Å²) in [6.07, 6.45) is 7.77. The van der Waals surface area contributed by atoms with Crippen LogP contribution in [-0.2, 0) is 6.54 Å². The van der Waals surface area contributed by atoms with Crippen LogP contribution in [0.4, 0.5) is 5.82 Å². The van der Waals surface area contributed by atoms with Crippen LogP contribution in [0.25, 0.3) is 11.2 Å². The van der Waals surface area contributed by atoms with Gasteiger partial charge in [0.2, 0.25) is 0 Å². The van der Waals surface area contributed by atoms with Crippen molar-refractivity contribution in [1.82, 2.24) is 24.8 Å². The largest absolute Gasteiger partial charge is 0.382 e. The van der Waals surface area contributed by atoms with E-state index < -0.39 is 0 Å². The highest BCUT2D eigenvalue weighted by Crippen LogP contribution is 2.14. The number of hydrogen-bond donors (Lipinski definition) is 3. The summed E-state index contributed by atoms with van der Waals surface area (Å²) >= 11 is 0. The van der Waals surface area contributed by atoms with Crippen LogP contribution in [0, 0.1) is 0 Å². The zero-order valence-corrected chi connectivity index (χ0v) is 11.8. The molecule has 7 nitrogen and oxygen atoms in total. The Labute approximate surface area is 118 Å². The van der Waals surface area contributed by atoms with Gasteiger partial charge in [-0.05, 0) is 38.9 Å². The van der Waals surface area contributed by atoms with Crippen LogP contribution >= 0.6 is 0 Å². The van der Waals surface area contributed by atoms with E-state index in [1.165, 1.54) is 19.2 Å². The molecule has 0 saturated heterocycles. The lowest BCUT2D eigenvalue weighted by Crippen LogP contribution is -2.19. The molecule has 0 aliphatic rings. The third-order valence-corrected chi connectivity index (χ3v) is 3.24. The minimum absolute atomic E-state index is 0.442. The van der Waals surface area contributed by atoms with E-state index in [1.54, 1.807) is 6.33 Å². The molecule has 0 amide bonds. The van der Waals surface area contributed by atoms with Crippen LogP contribution in [0.5, 0.6) is 0 Å². The molecule has 2 aromatic heterocycles. The fraction of sp³-hybridized carbons (Fsp3) is 0.615. The number of unbranched alkanes of at least 4 members (excludes halogenated alkanes) is 2. The molecule has 110 valence electrons. The molecule has 0 bridgehead atoms. The van der Waals surface area contributed by atoms with Gasteiger partial charge < -0.3 is 21.4 Å². The van der Waals surface area contributed by atoms with Crippen LogP contribution in [0.15, 0.2) is 12.7 Å². The molecule has 0 unspecified atom stereocenters. The van der Waals surface area contributed by atoms with Gasteiger partial charge in [-0.3, -0.25) is 0 Å². The second-order valence-corrected chi connectivity index (χ2v) is 4.82. The van der Waals surface area contributed by atoms with E-state index in [9.17, 15) is 0 Å². The Morgan fingerprint density at radius 1 is 1.05 bits per heavy atom. The third-order valence-electron chi connectivity index (χ3n) is 3.24. The molecule has 0 spiro atoms. The van der Waals surface area contributed by atoms with Gasteiger partial charge in [0.1, 0.15) is 11.8 Å². The number of rotatable bonds is 9. The summed E-state index contributed by atoms with van der Waals surface area (Å²) in [5, 5.41) is 3.38. The molecule has 5 N–H and O–H groups in total. The monoisotopic (exact) mass is 277 g/mol. The summed E-state index contributed by atoms with van der Waals surface area (Å²) in [5.41, 5.74) is 12.7. The van der Waals surface area contributed by atoms with Gasteiger partial charge in [-0.1, -0.05) is 6.42 Å². The van der Waals surface area contributed by atoms with E-state index >= 15 is 0 Å². The molecule has 0 aliphatic carbocycles. The maximum atomic E-state index is 5.76. The van der Waals surface area contributed by atoms with Crippen molar-refractivity contribution >= 4 is 17.0 Å². The highest BCUT2D eigenvalue weighted by atomic mass is 15.1. The second-order valence-electron chi connectivity index (χ2n) is 4.82. The molecule has 0 fully saturated rings. The zero-order chi connectivity index (χ0) is 14.2. The van der Waals surface area contributed by atoms with Gasteiger partial charge in [0.15, 0.2) is 11.5 Å². The summed E-state index contributed by atoms with van der Waals surface area (Å²) < 4.78 is 2.04. The average Bonchev–Trinajstić information content (AvgIpc) is 2.87. The van der Waals surface area contributed by atoms with E-state index in [-0.39, 0.29) is 0 Å². The third kappa shape index (κ3) is 3.88. The molecule has 7 heteroatoms. The Morgan fingerprint density at radius 3 is 2.75 bits per heavy atom. The minimum atomic E-state index is 0.442. The first-order valence-corrected chi connectivity index (χ1v) is 7.15. The Kier molecular flexibility index (Phi) is 5.69. The van der Waals surface area contributed by atoms with E-state index in [0.717, 1.165) is 44.7 Å². The number of aryl methyl sites for hydroxylation is 1. The highest BCUT2D eigenvalue weighted by molar-refractivity contribution is 5.80. The molecule has 2 heterocycles. The first kappa shape index (κ1) is 14.7. The Bertz CT molecular complexity index is 522. The topological polar surface area (TPSA) is 108 Å². The fourth-order valence-electron chi connectivity index (χ4n) is 2.12. The number of hydrogen-bond acceptors (Lipinski definition) is 6. The molecule has 2 aromatic rings. The van der Waals surface area contributed by atoms with Crippen molar-refractivity contribution in [3.05, 3.63) is 12.7 Å². The average molecular weight is 277 g/mol. The predicted molar refractivity (Wildman–Crippen MR) is 80.1 cm³/mol. The lowest BCUT2D eigenvalue weighted by molar-refractivity contribution is 0.558. The number of anilines is 1. The Hall–Kier alpha value is -1.73. The lowest BCUT2D eigenvalue weighted by Gasteiger charge is -2.05. The van der Waals surface area contributed by atoms with E-state index in [0.29, 0.717) is 11.3 Å². The van der Waals surface area contributed by atoms with E-state index in [1.807, 2.05) is 4.57 Å². The number of nitrogens with two attached hydrogens (primary N) is 2. The van der Waals surface area contributed by atoms with Crippen LogP contribution in [0.2, 0.25) is 0 Å². The van der Waals surface area contributed by atoms with Gasteiger partial charge in [0.25, 0.3) is 0 Å². The zero-order valence-electron chi connectivity index (χ0n) is 11.8. The Balaban J connectivity index is 1.70. The molecule has 2 rings (SSSR count). The summed E-state index contributed by atoms with van der Waals surface area (Å²) in [4.78, 5) is 12.4. The summed E-state index contributed by atoms with van der Waals surface area (Å²) in [7, 11) is 0. The number of aromatic nitrogens is 4. The van der Waals surface area contributed by atoms with Gasteiger partial charge >= 0.3 is 0 Å². The van der Waals surface area contributed by atoms with E-state index in [2.05, 4.69) is 20.3 Å². The van der Waals surface area contributed by atoms with Crippen LogP contribution in [0.3, 0.4) is 0 Å².